The molecule has 0 radical (unpaired) electrons. The minimum atomic E-state index is 0.375. The van der Waals surface area contributed by atoms with Crippen LogP contribution in [-0.2, 0) is 6.54 Å². The Balaban J connectivity index is 2.11. The maximum absolute atomic E-state index is 4.11. The molecular weight excluding hydrogens is 216 g/mol. The van der Waals surface area contributed by atoms with E-state index in [-0.39, 0.29) is 0 Å². The molecule has 0 unspecified atom stereocenters. The Morgan fingerprint density at radius 2 is 2.29 bits per heavy atom. The van der Waals surface area contributed by atoms with Gasteiger partial charge < -0.3 is 9.88 Å². The van der Waals surface area contributed by atoms with Gasteiger partial charge in [-0.25, -0.2) is 10.4 Å². The predicted octanol–water partition coefficient (Wildman–Crippen LogP) is 0.351. The van der Waals surface area contributed by atoms with E-state index < -0.39 is 0 Å². The number of aromatic nitrogens is 2. The van der Waals surface area contributed by atoms with Gasteiger partial charge in [0.05, 0.1) is 6.33 Å². The van der Waals surface area contributed by atoms with Crippen molar-refractivity contribution in [1.29, 1.82) is 0 Å². The van der Waals surface area contributed by atoms with Crippen molar-refractivity contribution in [2.75, 3.05) is 13.6 Å². The molecule has 0 aromatic carbocycles. The quantitative estimate of drug-likeness (QED) is 0.290. The van der Waals surface area contributed by atoms with Crippen molar-refractivity contribution in [3.8, 4) is 0 Å². The highest BCUT2D eigenvalue weighted by Gasteiger charge is 1.97. The lowest BCUT2D eigenvalue weighted by molar-refractivity contribution is 0.542. The number of hydrogen-bond acceptors (Lipinski definition) is 3. The summed E-state index contributed by atoms with van der Waals surface area (Å²) < 4.78 is 2.06. The van der Waals surface area contributed by atoms with E-state index >= 15 is 0 Å². The fraction of sp³-hybridized carbons (Fsp3) is 0.636. The Hall–Kier alpha value is -1.56. The van der Waals surface area contributed by atoms with Crippen molar-refractivity contribution < 1.29 is 0 Å². The van der Waals surface area contributed by atoms with Crippen LogP contribution < -0.4 is 16.2 Å². The van der Waals surface area contributed by atoms with Gasteiger partial charge in [-0.1, -0.05) is 0 Å². The van der Waals surface area contributed by atoms with E-state index in [4.69, 9.17) is 0 Å². The number of aryl methyl sites for hydroxylation is 1. The first kappa shape index (κ1) is 13.5. The zero-order valence-corrected chi connectivity index (χ0v) is 10.8. The lowest BCUT2D eigenvalue weighted by Crippen LogP contribution is -2.48. The van der Waals surface area contributed by atoms with Crippen molar-refractivity contribution >= 4 is 5.96 Å². The number of imidazole rings is 1. The second-order valence-corrected chi connectivity index (χ2v) is 4.08. The molecule has 17 heavy (non-hydrogen) atoms. The second-order valence-electron chi connectivity index (χ2n) is 4.08. The molecule has 1 aromatic rings. The highest BCUT2D eigenvalue weighted by atomic mass is 15.4. The van der Waals surface area contributed by atoms with Gasteiger partial charge in [-0.05, 0) is 20.3 Å². The van der Waals surface area contributed by atoms with Gasteiger partial charge in [0.25, 0.3) is 0 Å². The van der Waals surface area contributed by atoms with Crippen molar-refractivity contribution in [3.63, 3.8) is 0 Å². The minimum absolute atomic E-state index is 0.375. The summed E-state index contributed by atoms with van der Waals surface area (Å²) in [6, 6.07) is 0.375. The molecule has 1 heterocycles. The van der Waals surface area contributed by atoms with E-state index in [0.717, 1.165) is 25.5 Å². The average molecular weight is 238 g/mol. The Labute approximate surface area is 103 Å². The van der Waals surface area contributed by atoms with Gasteiger partial charge in [-0.15, -0.1) is 0 Å². The summed E-state index contributed by atoms with van der Waals surface area (Å²) >= 11 is 0. The zero-order valence-electron chi connectivity index (χ0n) is 10.8. The Bertz CT molecular complexity index is 317. The van der Waals surface area contributed by atoms with Gasteiger partial charge in [-0.3, -0.25) is 10.4 Å². The van der Waals surface area contributed by atoms with E-state index in [1.54, 1.807) is 13.2 Å². The predicted molar refractivity (Wildman–Crippen MR) is 69.6 cm³/mol. The van der Waals surface area contributed by atoms with Gasteiger partial charge in [0, 0.05) is 38.6 Å². The molecule has 0 fully saturated rings. The smallest absolute Gasteiger partial charge is 0.205 e. The van der Waals surface area contributed by atoms with Crippen LogP contribution in [0, 0.1) is 0 Å². The van der Waals surface area contributed by atoms with E-state index in [0.29, 0.717) is 6.04 Å². The Kier molecular flexibility index (Phi) is 6.09. The molecule has 0 aliphatic carbocycles. The summed E-state index contributed by atoms with van der Waals surface area (Å²) in [4.78, 5) is 8.10. The molecule has 0 aliphatic rings. The third-order valence-electron chi connectivity index (χ3n) is 2.15. The highest BCUT2D eigenvalue weighted by Crippen LogP contribution is 1.88. The van der Waals surface area contributed by atoms with Crippen LogP contribution in [0.5, 0.6) is 0 Å². The lowest BCUT2D eigenvalue weighted by atomic mass is 10.4. The average Bonchev–Trinajstić information content (AvgIpc) is 2.81. The van der Waals surface area contributed by atoms with Crippen LogP contribution in [-0.4, -0.2) is 35.1 Å². The first-order valence-electron chi connectivity index (χ1n) is 5.90. The van der Waals surface area contributed by atoms with Gasteiger partial charge in [-0.2, -0.15) is 0 Å². The Morgan fingerprint density at radius 1 is 1.47 bits per heavy atom. The van der Waals surface area contributed by atoms with Crippen LogP contribution in [0.2, 0.25) is 0 Å². The van der Waals surface area contributed by atoms with Gasteiger partial charge in [0.15, 0.2) is 0 Å². The summed E-state index contributed by atoms with van der Waals surface area (Å²) in [6.45, 7) is 5.97. The van der Waals surface area contributed by atoms with Crippen LogP contribution in [0.3, 0.4) is 0 Å². The molecule has 96 valence electrons. The molecule has 0 saturated carbocycles. The molecule has 1 rings (SSSR count). The molecule has 0 bridgehead atoms. The molecule has 6 nitrogen and oxygen atoms in total. The number of rotatable bonds is 6. The van der Waals surface area contributed by atoms with Gasteiger partial charge in [0.1, 0.15) is 0 Å². The van der Waals surface area contributed by atoms with Crippen LogP contribution >= 0.6 is 0 Å². The van der Waals surface area contributed by atoms with E-state index in [1.165, 1.54) is 0 Å². The molecule has 0 spiro atoms. The largest absolute Gasteiger partial charge is 0.355 e. The molecule has 0 aliphatic heterocycles. The van der Waals surface area contributed by atoms with Crippen molar-refractivity contribution in [1.82, 2.24) is 25.7 Å². The monoisotopic (exact) mass is 238 g/mol. The minimum Gasteiger partial charge on any atom is -0.355 e. The van der Waals surface area contributed by atoms with Crippen molar-refractivity contribution in [2.24, 2.45) is 4.99 Å². The molecule has 0 amide bonds. The molecule has 1 aromatic heterocycles. The fourth-order valence-electron chi connectivity index (χ4n) is 1.28. The van der Waals surface area contributed by atoms with Crippen LogP contribution in [0.4, 0.5) is 0 Å². The summed E-state index contributed by atoms with van der Waals surface area (Å²) in [5.74, 6) is 0.768. The lowest BCUT2D eigenvalue weighted by Gasteiger charge is -2.14. The van der Waals surface area contributed by atoms with E-state index in [1.807, 2.05) is 12.5 Å². The molecule has 0 saturated heterocycles. The first-order chi connectivity index (χ1) is 8.22. The van der Waals surface area contributed by atoms with Crippen molar-refractivity contribution in [2.45, 2.75) is 32.9 Å². The van der Waals surface area contributed by atoms with Crippen LogP contribution in [0.1, 0.15) is 20.3 Å². The second kappa shape index (κ2) is 7.67. The zero-order chi connectivity index (χ0) is 12.5. The van der Waals surface area contributed by atoms with Crippen LogP contribution in [0.15, 0.2) is 23.7 Å². The number of nitrogens with zero attached hydrogens (tertiary/aromatic N) is 3. The molecule has 3 N–H and O–H groups in total. The van der Waals surface area contributed by atoms with Crippen LogP contribution in [0.25, 0.3) is 0 Å². The van der Waals surface area contributed by atoms with Gasteiger partial charge in [0.2, 0.25) is 5.96 Å². The van der Waals surface area contributed by atoms with Crippen molar-refractivity contribution in [3.05, 3.63) is 18.7 Å². The van der Waals surface area contributed by atoms with Gasteiger partial charge >= 0.3 is 0 Å². The maximum atomic E-state index is 4.11. The topological polar surface area (TPSA) is 66.3 Å². The standard InChI is InChI=1S/C11H22N6/c1-10(2)15-16-11(12-3)14-5-4-7-17-8-6-13-9-17/h6,8-10,15H,4-5,7H2,1-3H3,(H2,12,14,16). The Morgan fingerprint density at radius 3 is 2.88 bits per heavy atom. The third-order valence-corrected chi connectivity index (χ3v) is 2.15. The molecule has 0 atom stereocenters. The number of guanidine groups is 1. The maximum Gasteiger partial charge on any atom is 0.205 e. The van der Waals surface area contributed by atoms with E-state index in [9.17, 15) is 0 Å². The number of nitrogens with one attached hydrogen (secondary N) is 3. The normalized spacial score (nSPS) is 11.9. The third kappa shape index (κ3) is 5.91. The molecular formula is C11H22N6. The fourth-order valence-corrected chi connectivity index (χ4v) is 1.28. The summed E-state index contributed by atoms with van der Waals surface area (Å²) in [5.41, 5.74) is 6.12. The highest BCUT2D eigenvalue weighted by molar-refractivity contribution is 5.79. The summed E-state index contributed by atoms with van der Waals surface area (Å²) in [5, 5.41) is 3.23. The first-order valence-corrected chi connectivity index (χ1v) is 5.90. The SMILES string of the molecule is CN=C(NCCCn1ccnc1)NNC(C)C. The summed E-state index contributed by atoms with van der Waals surface area (Å²) in [6.07, 6.45) is 6.61. The number of hydrogen-bond donors (Lipinski definition) is 3. The number of hydrazine groups is 1. The molecule has 6 heteroatoms. The van der Waals surface area contributed by atoms with E-state index in [2.05, 4.69) is 44.6 Å². The summed E-state index contributed by atoms with van der Waals surface area (Å²) in [7, 11) is 1.76. The number of aliphatic imine (C=N–C) groups is 1.